The standard InChI is InChI=1S/C39H54N4O9S2/c1-27-10-16-32(17-11-27)54(48,49)52-21-8-6-7-18-50-19-9-20-51-25-34(45)42-36(39(3,4)5)38(47)43(37(46)33-22-31(44)23-40-33)24-29-12-14-30(15-13-29)35-28(2)41-26-53-35/h10-17,26,31,33,36,40,44H,6-9,18-25H2,1-5H3,(H,42,45)/t31-,33+,36-/m1/s1. The van der Waals surface area contributed by atoms with Gasteiger partial charge in [-0.2, -0.15) is 8.42 Å². The quantitative estimate of drug-likeness (QED) is 0.109. The van der Waals surface area contributed by atoms with E-state index < -0.39 is 51.4 Å². The molecule has 15 heteroatoms. The smallest absolute Gasteiger partial charge is 0.296 e. The number of carbonyl (C=O) groups is 3. The van der Waals surface area contributed by atoms with Crippen molar-refractivity contribution < 1.29 is 41.6 Å². The van der Waals surface area contributed by atoms with Gasteiger partial charge in [-0.15, -0.1) is 11.3 Å². The van der Waals surface area contributed by atoms with E-state index in [4.69, 9.17) is 13.7 Å². The number of nitrogens with one attached hydrogen (secondary N) is 2. The van der Waals surface area contributed by atoms with Crippen LogP contribution >= 0.6 is 11.3 Å². The molecule has 13 nitrogen and oxygen atoms in total. The van der Waals surface area contributed by atoms with E-state index in [0.29, 0.717) is 26.1 Å². The largest absolute Gasteiger partial charge is 0.392 e. The van der Waals surface area contributed by atoms with E-state index in [2.05, 4.69) is 15.6 Å². The molecule has 0 bridgehead atoms. The summed E-state index contributed by atoms with van der Waals surface area (Å²) in [6.45, 7) is 10.6. The lowest BCUT2D eigenvalue weighted by atomic mass is 9.85. The van der Waals surface area contributed by atoms with Crippen molar-refractivity contribution >= 4 is 39.2 Å². The van der Waals surface area contributed by atoms with Gasteiger partial charge in [-0.3, -0.25) is 23.5 Å². The number of unbranched alkanes of at least 4 members (excludes halogenated alkanes) is 2. The highest BCUT2D eigenvalue weighted by atomic mass is 32.2. The third-order valence-electron chi connectivity index (χ3n) is 8.95. The number of β-amino-alcohol motifs (C(OH)–C–C–N with tert-alkyl or cyclic N) is 1. The number of hydrogen-bond donors (Lipinski definition) is 3. The summed E-state index contributed by atoms with van der Waals surface area (Å²) in [5, 5.41) is 15.9. The second kappa shape index (κ2) is 20.4. The molecule has 3 amide bonds. The number of ether oxygens (including phenoxy) is 2. The summed E-state index contributed by atoms with van der Waals surface area (Å²) in [6, 6.07) is 12.4. The zero-order valence-electron chi connectivity index (χ0n) is 31.8. The number of nitrogens with zero attached hydrogens (tertiary/aromatic N) is 2. The van der Waals surface area contributed by atoms with Crippen molar-refractivity contribution in [2.45, 2.75) is 96.4 Å². The molecule has 1 aliphatic heterocycles. The van der Waals surface area contributed by atoms with Gasteiger partial charge < -0.3 is 25.2 Å². The molecular weight excluding hydrogens is 733 g/mol. The lowest BCUT2D eigenvalue weighted by Crippen LogP contribution is -2.58. The number of amides is 3. The highest BCUT2D eigenvalue weighted by Crippen LogP contribution is 2.28. The second-order valence-corrected chi connectivity index (χ2v) is 17.1. The Labute approximate surface area is 322 Å². The maximum absolute atomic E-state index is 14.2. The van der Waals surface area contributed by atoms with Crippen molar-refractivity contribution in [1.82, 2.24) is 20.5 Å². The molecule has 2 heterocycles. The molecule has 3 atom stereocenters. The van der Waals surface area contributed by atoms with E-state index in [9.17, 15) is 27.9 Å². The molecular formula is C39H54N4O9S2. The molecule has 3 N–H and O–H groups in total. The van der Waals surface area contributed by atoms with Crippen molar-refractivity contribution in [2.75, 3.05) is 39.6 Å². The first kappa shape index (κ1) is 43.2. The minimum absolute atomic E-state index is 0.00342. The van der Waals surface area contributed by atoms with E-state index >= 15 is 0 Å². The Bertz CT molecular complexity index is 1770. The molecule has 1 aromatic heterocycles. The van der Waals surface area contributed by atoms with Gasteiger partial charge in [0.15, 0.2) is 0 Å². The van der Waals surface area contributed by atoms with Crippen LogP contribution in [0.15, 0.2) is 58.9 Å². The van der Waals surface area contributed by atoms with E-state index in [1.165, 1.54) is 28.4 Å². The molecule has 0 radical (unpaired) electrons. The number of aliphatic hydroxyl groups excluding tert-OH is 1. The van der Waals surface area contributed by atoms with Crippen LogP contribution in [-0.4, -0.2) is 98.9 Å². The first-order chi connectivity index (χ1) is 25.7. The highest BCUT2D eigenvalue weighted by Gasteiger charge is 2.41. The predicted octanol–water partition coefficient (Wildman–Crippen LogP) is 4.53. The number of thiazole rings is 1. The Morgan fingerprint density at radius 2 is 1.63 bits per heavy atom. The van der Waals surface area contributed by atoms with E-state index in [0.717, 1.165) is 40.1 Å². The van der Waals surface area contributed by atoms with Crippen LogP contribution in [0.5, 0.6) is 0 Å². The second-order valence-electron chi connectivity index (χ2n) is 14.6. The molecule has 0 aliphatic carbocycles. The number of carbonyl (C=O) groups excluding carboxylic acids is 3. The van der Waals surface area contributed by atoms with Gasteiger partial charge in [-0.05, 0) is 74.6 Å². The normalized spacial score (nSPS) is 16.6. The molecule has 3 aromatic rings. The zero-order valence-corrected chi connectivity index (χ0v) is 33.5. The van der Waals surface area contributed by atoms with Crippen molar-refractivity contribution in [2.24, 2.45) is 5.41 Å². The van der Waals surface area contributed by atoms with Crippen LogP contribution in [0, 0.1) is 19.3 Å². The van der Waals surface area contributed by atoms with Crippen molar-refractivity contribution in [3.8, 4) is 10.4 Å². The first-order valence-corrected chi connectivity index (χ1v) is 20.6. The van der Waals surface area contributed by atoms with Crippen LogP contribution in [0.1, 0.15) is 69.7 Å². The number of aromatic nitrogens is 1. The van der Waals surface area contributed by atoms with Gasteiger partial charge in [0.05, 0.1) is 46.3 Å². The van der Waals surface area contributed by atoms with Crippen LogP contribution in [0.25, 0.3) is 10.4 Å². The first-order valence-electron chi connectivity index (χ1n) is 18.3. The van der Waals surface area contributed by atoms with Crippen molar-refractivity contribution in [1.29, 1.82) is 0 Å². The average molecular weight is 787 g/mol. The van der Waals surface area contributed by atoms with Crippen LogP contribution in [0.4, 0.5) is 0 Å². The maximum Gasteiger partial charge on any atom is 0.296 e. The molecule has 54 heavy (non-hydrogen) atoms. The van der Waals surface area contributed by atoms with Gasteiger partial charge in [0.2, 0.25) is 11.8 Å². The van der Waals surface area contributed by atoms with Gasteiger partial charge in [0.25, 0.3) is 16.0 Å². The Balaban J connectivity index is 1.20. The van der Waals surface area contributed by atoms with Gasteiger partial charge in [0.1, 0.15) is 12.6 Å². The minimum Gasteiger partial charge on any atom is -0.392 e. The SMILES string of the molecule is Cc1ccc(S(=O)(=O)OCCCCCOCCCOCC(=O)N[C@H](C(=O)N(Cc2ccc(-c3scnc3C)cc2)C(=O)[C@@H]2C[C@@H](O)CN2)C(C)(C)C)cc1. The molecule has 0 unspecified atom stereocenters. The van der Waals surface area contributed by atoms with E-state index in [1.807, 2.05) is 58.9 Å². The topological polar surface area (TPSA) is 173 Å². The Morgan fingerprint density at radius 1 is 0.963 bits per heavy atom. The van der Waals surface area contributed by atoms with Crippen LogP contribution < -0.4 is 10.6 Å². The summed E-state index contributed by atoms with van der Waals surface area (Å²) in [5.41, 5.74) is 4.67. The fourth-order valence-electron chi connectivity index (χ4n) is 5.84. The highest BCUT2D eigenvalue weighted by molar-refractivity contribution is 7.86. The lowest BCUT2D eigenvalue weighted by Gasteiger charge is -2.35. The number of imide groups is 1. The molecule has 1 aliphatic rings. The van der Waals surface area contributed by atoms with Crippen LogP contribution in [0.2, 0.25) is 0 Å². The van der Waals surface area contributed by atoms with E-state index in [1.54, 1.807) is 17.6 Å². The number of hydrogen-bond acceptors (Lipinski definition) is 12. The van der Waals surface area contributed by atoms with Gasteiger partial charge >= 0.3 is 0 Å². The van der Waals surface area contributed by atoms with E-state index in [-0.39, 0.29) is 44.2 Å². The summed E-state index contributed by atoms with van der Waals surface area (Å²) >= 11 is 1.54. The van der Waals surface area contributed by atoms with Crippen LogP contribution in [-0.2, 0) is 44.7 Å². The number of aryl methyl sites for hydroxylation is 2. The Kier molecular flexibility index (Phi) is 16.3. The fraction of sp³-hybridized carbons (Fsp3) is 0.538. The van der Waals surface area contributed by atoms with Crippen molar-refractivity contribution in [3.05, 3.63) is 70.9 Å². The molecule has 1 saturated heterocycles. The summed E-state index contributed by atoms with van der Waals surface area (Å²) in [4.78, 5) is 47.7. The predicted molar refractivity (Wildman–Crippen MR) is 206 cm³/mol. The minimum atomic E-state index is -3.76. The summed E-state index contributed by atoms with van der Waals surface area (Å²) in [5.74, 6) is -1.49. The fourth-order valence-corrected chi connectivity index (χ4v) is 7.60. The maximum atomic E-state index is 14.2. The number of aliphatic hydroxyl groups is 1. The lowest BCUT2D eigenvalue weighted by molar-refractivity contribution is -0.151. The molecule has 0 saturated carbocycles. The average Bonchev–Trinajstić information content (AvgIpc) is 3.77. The summed E-state index contributed by atoms with van der Waals surface area (Å²) in [6.07, 6.45) is 2.12. The van der Waals surface area contributed by atoms with Crippen LogP contribution in [0.3, 0.4) is 0 Å². The third-order valence-corrected chi connectivity index (χ3v) is 11.3. The summed E-state index contributed by atoms with van der Waals surface area (Å²) in [7, 11) is -3.76. The van der Waals surface area contributed by atoms with Crippen molar-refractivity contribution in [3.63, 3.8) is 0 Å². The van der Waals surface area contributed by atoms with Gasteiger partial charge in [-0.1, -0.05) is 62.7 Å². The molecule has 2 aromatic carbocycles. The monoisotopic (exact) mass is 786 g/mol. The Morgan fingerprint density at radius 3 is 2.26 bits per heavy atom. The summed E-state index contributed by atoms with van der Waals surface area (Å²) < 4.78 is 40.9. The molecule has 0 spiro atoms. The molecule has 296 valence electrons. The number of rotatable bonds is 20. The van der Waals surface area contributed by atoms with Gasteiger partial charge in [-0.25, -0.2) is 4.98 Å². The molecule has 1 fully saturated rings. The third kappa shape index (κ3) is 13.0. The van der Waals surface area contributed by atoms with Gasteiger partial charge in [0, 0.05) is 26.4 Å². The Hall–Kier alpha value is -3.57. The number of benzene rings is 2. The molecule has 4 rings (SSSR count). The zero-order chi connectivity index (χ0) is 39.3.